The number of thioether (sulfide) groups is 1. The van der Waals surface area contributed by atoms with Crippen molar-refractivity contribution in [3.05, 3.63) is 82.9 Å². The van der Waals surface area contributed by atoms with Gasteiger partial charge in [0.25, 0.3) is 0 Å². The molecular formula is C22H21ClN4S. The Hall–Kier alpha value is -2.24. The van der Waals surface area contributed by atoms with E-state index in [-0.39, 0.29) is 12.1 Å². The summed E-state index contributed by atoms with van der Waals surface area (Å²) in [7, 11) is 0. The van der Waals surface area contributed by atoms with Crippen molar-refractivity contribution >= 4 is 28.5 Å². The first-order valence-electron chi connectivity index (χ1n) is 9.47. The minimum Gasteiger partial charge on any atom is -0.339 e. The molecule has 0 saturated carbocycles. The highest BCUT2D eigenvalue weighted by Gasteiger charge is 2.44. The summed E-state index contributed by atoms with van der Waals surface area (Å²) in [5.41, 5.74) is 4.44. The lowest BCUT2D eigenvalue weighted by molar-refractivity contribution is 0.312. The zero-order chi connectivity index (χ0) is 19.3. The minimum absolute atomic E-state index is 0.00162. The van der Waals surface area contributed by atoms with Gasteiger partial charge in [-0.1, -0.05) is 36.4 Å². The number of halogens is 1. The summed E-state index contributed by atoms with van der Waals surface area (Å²) in [5, 5.41) is 2.47. The van der Waals surface area contributed by atoms with Gasteiger partial charge in [-0.2, -0.15) is 0 Å². The van der Waals surface area contributed by atoms with Crippen molar-refractivity contribution in [1.82, 2.24) is 14.5 Å². The van der Waals surface area contributed by atoms with Crippen LogP contribution in [0.25, 0.3) is 5.69 Å². The van der Waals surface area contributed by atoms with Crippen molar-refractivity contribution in [3.63, 3.8) is 0 Å². The van der Waals surface area contributed by atoms with Gasteiger partial charge in [-0.25, -0.2) is 0 Å². The minimum atomic E-state index is -0.00162. The molecule has 0 amide bonds. The number of aromatic nitrogens is 2. The molecule has 4 nitrogen and oxygen atoms in total. The van der Waals surface area contributed by atoms with Crippen LogP contribution < -0.4 is 0 Å². The van der Waals surface area contributed by atoms with Crippen LogP contribution in [0, 0.1) is 6.92 Å². The van der Waals surface area contributed by atoms with Crippen LogP contribution in [0.1, 0.15) is 36.0 Å². The topological polar surface area (TPSA) is 33.4 Å². The number of hydrogen-bond donors (Lipinski definition) is 0. The van der Waals surface area contributed by atoms with E-state index in [9.17, 15) is 0 Å². The molecule has 1 fully saturated rings. The molecule has 6 heteroatoms. The van der Waals surface area contributed by atoms with E-state index < -0.39 is 0 Å². The summed E-state index contributed by atoms with van der Waals surface area (Å²) in [6.45, 7) is 5.31. The van der Waals surface area contributed by atoms with E-state index >= 15 is 0 Å². The van der Waals surface area contributed by atoms with Gasteiger partial charge in [-0.3, -0.25) is 9.98 Å². The summed E-state index contributed by atoms with van der Waals surface area (Å²) in [6.07, 6.45) is 3.98. The van der Waals surface area contributed by atoms with E-state index in [1.54, 1.807) is 0 Å². The van der Waals surface area contributed by atoms with Crippen molar-refractivity contribution in [2.24, 2.45) is 4.99 Å². The van der Waals surface area contributed by atoms with Crippen molar-refractivity contribution < 1.29 is 0 Å². The van der Waals surface area contributed by atoms with Gasteiger partial charge in [-0.05, 0) is 55.0 Å². The van der Waals surface area contributed by atoms with E-state index in [2.05, 4.69) is 57.9 Å². The SMILES string of the molecule is Cc1cc(-n2cccc2[C@@H]2[C@@H](c3ccccn3)N=C3S[C@H](C)CN32)ccc1Cl. The van der Waals surface area contributed by atoms with Crippen LogP contribution in [0.3, 0.4) is 0 Å². The lowest BCUT2D eigenvalue weighted by atomic mass is 10.0. The van der Waals surface area contributed by atoms with Crippen LogP contribution in [-0.2, 0) is 0 Å². The normalized spacial score (nSPS) is 23.8. The Bertz CT molecular complexity index is 1050. The molecule has 0 spiro atoms. The summed E-state index contributed by atoms with van der Waals surface area (Å²) >= 11 is 8.12. The third-order valence-corrected chi connectivity index (χ3v) is 6.91. The Morgan fingerprint density at radius 1 is 1.14 bits per heavy atom. The largest absolute Gasteiger partial charge is 0.339 e. The maximum absolute atomic E-state index is 6.25. The maximum atomic E-state index is 6.25. The third kappa shape index (κ3) is 2.93. The van der Waals surface area contributed by atoms with Crippen LogP contribution >= 0.6 is 23.4 Å². The number of pyridine rings is 1. The quantitative estimate of drug-likeness (QED) is 0.579. The summed E-state index contributed by atoms with van der Waals surface area (Å²) in [4.78, 5) is 12.2. The van der Waals surface area contributed by atoms with E-state index in [1.165, 1.54) is 5.69 Å². The molecule has 0 aliphatic carbocycles. The summed E-state index contributed by atoms with van der Waals surface area (Å²) in [5.74, 6) is 0. The maximum Gasteiger partial charge on any atom is 0.160 e. The van der Waals surface area contributed by atoms with Gasteiger partial charge in [-0.15, -0.1) is 0 Å². The third-order valence-electron chi connectivity index (χ3n) is 5.38. The smallest absolute Gasteiger partial charge is 0.160 e. The fourth-order valence-corrected chi connectivity index (χ4v) is 5.30. The fourth-order valence-electron chi connectivity index (χ4n) is 4.09. The average Bonchev–Trinajstić information content (AvgIpc) is 3.38. The van der Waals surface area contributed by atoms with E-state index in [0.717, 1.165) is 33.7 Å². The Balaban J connectivity index is 1.61. The number of fused-ring (bicyclic) bond motifs is 1. The van der Waals surface area contributed by atoms with Crippen LogP contribution in [0.5, 0.6) is 0 Å². The van der Waals surface area contributed by atoms with Gasteiger partial charge in [0.2, 0.25) is 0 Å². The Labute approximate surface area is 174 Å². The Morgan fingerprint density at radius 2 is 2.04 bits per heavy atom. The highest BCUT2D eigenvalue weighted by molar-refractivity contribution is 8.14. The highest BCUT2D eigenvalue weighted by Crippen LogP contribution is 2.47. The van der Waals surface area contributed by atoms with E-state index in [0.29, 0.717) is 5.25 Å². The van der Waals surface area contributed by atoms with Crippen LogP contribution in [0.2, 0.25) is 5.02 Å². The number of rotatable bonds is 3. The van der Waals surface area contributed by atoms with Gasteiger partial charge < -0.3 is 9.47 Å². The molecule has 0 radical (unpaired) electrons. The molecule has 5 rings (SSSR count). The number of benzene rings is 1. The van der Waals surface area contributed by atoms with Crippen molar-refractivity contribution in [2.75, 3.05) is 6.54 Å². The molecule has 0 N–H and O–H groups in total. The zero-order valence-electron chi connectivity index (χ0n) is 15.8. The second-order valence-corrected chi connectivity index (χ2v) is 9.19. The first-order valence-corrected chi connectivity index (χ1v) is 10.7. The highest BCUT2D eigenvalue weighted by atomic mass is 35.5. The van der Waals surface area contributed by atoms with Crippen molar-refractivity contribution in [2.45, 2.75) is 31.2 Å². The molecule has 2 aliphatic heterocycles. The molecule has 142 valence electrons. The molecule has 1 aromatic carbocycles. The van der Waals surface area contributed by atoms with Gasteiger partial charge in [0.1, 0.15) is 6.04 Å². The van der Waals surface area contributed by atoms with Gasteiger partial charge >= 0.3 is 0 Å². The van der Waals surface area contributed by atoms with Crippen LogP contribution in [-0.4, -0.2) is 31.4 Å². The second kappa shape index (κ2) is 6.98. The van der Waals surface area contributed by atoms with Gasteiger partial charge in [0, 0.05) is 40.6 Å². The van der Waals surface area contributed by atoms with E-state index in [1.807, 2.05) is 43.1 Å². The second-order valence-electron chi connectivity index (χ2n) is 7.37. The van der Waals surface area contributed by atoms with E-state index in [4.69, 9.17) is 16.6 Å². The summed E-state index contributed by atoms with van der Waals surface area (Å²) < 4.78 is 2.26. The number of amidine groups is 1. The molecule has 1 saturated heterocycles. The molecule has 3 aromatic rings. The molecule has 2 aliphatic rings. The first kappa shape index (κ1) is 17.8. The predicted molar refractivity (Wildman–Crippen MR) is 116 cm³/mol. The van der Waals surface area contributed by atoms with Crippen LogP contribution in [0.15, 0.2) is 65.9 Å². The molecular weight excluding hydrogens is 388 g/mol. The fraction of sp³-hybridized carbons (Fsp3) is 0.273. The van der Waals surface area contributed by atoms with Gasteiger partial charge in [0.15, 0.2) is 5.17 Å². The van der Waals surface area contributed by atoms with Crippen molar-refractivity contribution in [3.8, 4) is 5.69 Å². The summed E-state index contributed by atoms with van der Waals surface area (Å²) in [6, 6.07) is 16.7. The molecule has 3 atom stereocenters. The predicted octanol–water partition coefficient (Wildman–Crippen LogP) is 5.42. The number of aryl methyl sites for hydroxylation is 1. The molecule has 0 unspecified atom stereocenters. The molecule has 2 aromatic heterocycles. The zero-order valence-corrected chi connectivity index (χ0v) is 17.4. The lowest BCUT2D eigenvalue weighted by Gasteiger charge is -2.28. The standard InChI is InChI=1S/C22H21ClN4S/c1-14-12-16(8-9-17(14)23)26-11-5-7-19(26)21-20(18-6-3-4-10-24-18)25-22-27(21)13-15(2)28-22/h3-12,15,20-21H,13H2,1-2H3/t15-,20-,21-/m1/s1. The molecule has 28 heavy (non-hydrogen) atoms. The molecule has 4 heterocycles. The van der Waals surface area contributed by atoms with Crippen LogP contribution in [0.4, 0.5) is 0 Å². The average molecular weight is 409 g/mol. The number of hydrogen-bond acceptors (Lipinski definition) is 4. The number of aliphatic imine (C=N–C) groups is 1. The Kier molecular flexibility index (Phi) is 4.44. The van der Waals surface area contributed by atoms with Gasteiger partial charge in [0.05, 0.1) is 11.7 Å². The molecule has 0 bridgehead atoms. The van der Waals surface area contributed by atoms with Crippen molar-refractivity contribution in [1.29, 1.82) is 0 Å². The monoisotopic (exact) mass is 408 g/mol. The Morgan fingerprint density at radius 3 is 2.82 bits per heavy atom. The lowest BCUT2D eigenvalue weighted by Crippen LogP contribution is -2.30. The first-order chi connectivity index (χ1) is 13.6. The number of nitrogens with zero attached hydrogens (tertiary/aromatic N) is 4.